The molecule has 1 amide bonds. The average Bonchev–Trinajstić information content (AvgIpc) is 3.04. The fraction of sp³-hybridized carbons (Fsp3) is 0.421. The first-order chi connectivity index (χ1) is 12.0. The van der Waals surface area contributed by atoms with Crippen molar-refractivity contribution in [2.45, 2.75) is 26.1 Å². The van der Waals surface area contributed by atoms with Gasteiger partial charge in [0.25, 0.3) is 5.91 Å². The summed E-state index contributed by atoms with van der Waals surface area (Å²) in [5.74, 6) is 0.765. The SMILES string of the molecule is CC1CN(CCNC(=O)c2ccc(-c3ccc(Cl)cc3)o2)CC(C)O1. The van der Waals surface area contributed by atoms with Gasteiger partial charge in [0.1, 0.15) is 5.76 Å². The van der Waals surface area contributed by atoms with Crippen LogP contribution in [-0.4, -0.2) is 49.2 Å². The molecule has 1 aliphatic heterocycles. The fourth-order valence-electron chi connectivity index (χ4n) is 3.11. The molecule has 3 rings (SSSR count). The Balaban J connectivity index is 1.51. The lowest BCUT2D eigenvalue weighted by Gasteiger charge is -2.35. The summed E-state index contributed by atoms with van der Waals surface area (Å²) in [5, 5.41) is 3.58. The van der Waals surface area contributed by atoms with E-state index in [2.05, 4.69) is 24.1 Å². The van der Waals surface area contributed by atoms with Gasteiger partial charge in [-0.2, -0.15) is 0 Å². The fourth-order valence-corrected chi connectivity index (χ4v) is 3.24. The molecule has 1 aromatic carbocycles. The summed E-state index contributed by atoms with van der Waals surface area (Å²) in [6.07, 6.45) is 0.456. The summed E-state index contributed by atoms with van der Waals surface area (Å²) in [4.78, 5) is 14.6. The van der Waals surface area contributed by atoms with Gasteiger partial charge in [0, 0.05) is 36.8 Å². The van der Waals surface area contributed by atoms with Crippen LogP contribution in [0.5, 0.6) is 0 Å². The van der Waals surface area contributed by atoms with Crippen LogP contribution in [0.25, 0.3) is 11.3 Å². The third kappa shape index (κ3) is 4.84. The number of benzene rings is 1. The van der Waals surface area contributed by atoms with E-state index in [1.165, 1.54) is 0 Å². The lowest BCUT2D eigenvalue weighted by Crippen LogP contribution is -2.47. The highest BCUT2D eigenvalue weighted by Crippen LogP contribution is 2.23. The maximum atomic E-state index is 12.2. The maximum Gasteiger partial charge on any atom is 0.287 e. The lowest BCUT2D eigenvalue weighted by molar-refractivity contribution is -0.0672. The molecule has 1 aromatic heterocycles. The van der Waals surface area contributed by atoms with Gasteiger partial charge in [-0.05, 0) is 50.2 Å². The Morgan fingerprint density at radius 1 is 1.16 bits per heavy atom. The molecule has 1 fully saturated rings. The largest absolute Gasteiger partial charge is 0.451 e. The quantitative estimate of drug-likeness (QED) is 0.885. The Bertz CT molecular complexity index is 704. The normalized spacial score (nSPS) is 21.2. The first-order valence-corrected chi connectivity index (χ1v) is 8.91. The molecule has 2 aromatic rings. The number of amides is 1. The highest BCUT2D eigenvalue weighted by Gasteiger charge is 2.22. The molecule has 2 atom stereocenters. The molecule has 0 spiro atoms. The summed E-state index contributed by atoms with van der Waals surface area (Å²) >= 11 is 5.89. The van der Waals surface area contributed by atoms with Gasteiger partial charge in [-0.25, -0.2) is 0 Å². The molecule has 0 aliphatic carbocycles. The van der Waals surface area contributed by atoms with E-state index in [-0.39, 0.29) is 18.1 Å². The number of rotatable bonds is 5. The van der Waals surface area contributed by atoms with Crippen molar-refractivity contribution in [3.8, 4) is 11.3 Å². The van der Waals surface area contributed by atoms with Crippen molar-refractivity contribution in [2.24, 2.45) is 0 Å². The molecule has 5 nitrogen and oxygen atoms in total. The number of carbonyl (C=O) groups excluding carboxylic acids is 1. The van der Waals surface area contributed by atoms with Crippen molar-refractivity contribution in [1.82, 2.24) is 10.2 Å². The van der Waals surface area contributed by atoms with Crippen LogP contribution < -0.4 is 5.32 Å². The van der Waals surface area contributed by atoms with Crippen LogP contribution in [0.15, 0.2) is 40.8 Å². The minimum atomic E-state index is -0.199. The minimum absolute atomic E-state index is 0.199. The van der Waals surface area contributed by atoms with Gasteiger partial charge >= 0.3 is 0 Å². The standard InChI is InChI=1S/C19H23ClN2O3/c1-13-11-22(12-14(2)24-13)10-9-21-19(23)18-8-7-17(25-18)15-3-5-16(20)6-4-15/h3-8,13-14H,9-12H2,1-2H3,(H,21,23). The van der Waals surface area contributed by atoms with E-state index in [4.69, 9.17) is 20.8 Å². The molecule has 1 N–H and O–H groups in total. The molecule has 134 valence electrons. The van der Waals surface area contributed by atoms with E-state index in [1.807, 2.05) is 12.1 Å². The van der Waals surface area contributed by atoms with Crippen molar-refractivity contribution < 1.29 is 13.9 Å². The number of ether oxygens (including phenoxy) is 1. The van der Waals surface area contributed by atoms with Gasteiger partial charge in [-0.3, -0.25) is 9.69 Å². The van der Waals surface area contributed by atoms with Crippen LogP contribution >= 0.6 is 11.6 Å². The van der Waals surface area contributed by atoms with Crippen LogP contribution in [-0.2, 0) is 4.74 Å². The van der Waals surface area contributed by atoms with Gasteiger partial charge in [0.2, 0.25) is 0 Å². The van der Waals surface area contributed by atoms with Crippen LogP contribution in [0.3, 0.4) is 0 Å². The zero-order valence-electron chi connectivity index (χ0n) is 14.5. The number of carbonyl (C=O) groups is 1. The summed E-state index contributed by atoms with van der Waals surface area (Å²) in [6.45, 7) is 7.30. The number of morpholine rings is 1. The second-order valence-electron chi connectivity index (χ2n) is 6.44. The Morgan fingerprint density at radius 2 is 1.84 bits per heavy atom. The van der Waals surface area contributed by atoms with Gasteiger partial charge in [-0.15, -0.1) is 0 Å². The first-order valence-electron chi connectivity index (χ1n) is 8.53. The summed E-state index contributed by atoms with van der Waals surface area (Å²) in [5.41, 5.74) is 0.889. The van der Waals surface area contributed by atoms with E-state index >= 15 is 0 Å². The Hall–Kier alpha value is -1.82. The number of nitrogens with zero attached hydrogens (tertiary/aromatic N) is 1. The molecule has 0 bridgehead atoms. The van der Waals surface area contributed by atoms with Gasteiger partial charge in [0.15, 0.2) is 5.76 Å². The smallest absolute Gasteiger partial charge is 0.287 e. The van der Waals surface area contributed by atoms with Crippen molar-refractivity contribution in [1.29, 1.82) is 0 Å². The first kappa shape index (κ1) is 18.0. The van der Waals surface area contributed by atoms with Crippen LogP contribution in [0.2, 0.25) is 5.02 Å². The Labute approximate surface area is 152 Å². The highest BCUT2D eigenvalue weighted by molar-refractivity contribution is 6.30. The lowest BCUT2D eigenvalue weighted by atomic mass is 10.2. The molecule has 2 heterocycles. The third-order valence-electron chi connectivity index (χ3n) is 4.17. The molecular weight excluding hydrogens is 340 g/mol. The zero-order chi connectivity index (χ0) is 17.8. The number of furan rings is 1. The summed E-state index contributed by atoms with van der Waals surface area (Å²) in [7, 11) is 0. The monoisotopic (exact) mass is 362 g/mol. The van der Waals surface area contributed by atoms with E-state index in [9.17, 15) is 4.79 Å². The van der Waals surface area contributed by atoms with Crippen molar-refractivity contribution in [3.05, 3.63) is 47.2 Å². The number of hydrogen-bond donors (Lipinski definition) is 1. The molecule has 1 aliphatic rings. The van der Waals surface area contributed by atoms with E-state index in [1.54, 1.807) is 24.3 Å². The predicted octanol–water partition coefficient (Wildman–Crippen LogP) is 3.44. The van der Waals surface area contributed by atoms with Gasteiger partial charge in [0.05, 0.1) is 12.2 Å². The van der Waals surface area contributed by atoms with Gasteiger partial charge < -0.3 is 14.5 Å². The van der Waals surface area contributed by atoms with E-state index in [0.717, 1.165) is 25.2 Å². The van der Waals surface area contributed by atoms with Crippen molar-refractivity contribution >= 4 is 17.5 Å². The number of hydrogen-bond acceptors (Lipinski definition) is 4. The molecule has 0 saturated carbocycles. The molecule has 6 heteroatoms. The Kier molecular flexibility index (Phi) is 5.78. The Morgan fingerprint density at radius 3 is 2.52 bits per heavy atom. The average molecular weight is 363 g/mol. The van der Waals surface area contributed by atoms with Crippen LogP contribution in [0, 0.1) is 0 Å². The van der Waals surface area contributed by atoms with Crippen molar-refractivity contribution in [2.75, 3.05) is 26.2 Å². The van der Waals surface area contributed by atoms with Crippen LogP contribution in [0.4, 0.5) is 0 Å². The maximum absolute atomic E-state index is 12.2. The second-order valence-corrected chi connectivity index (χ2v) is 6.88. The summed E-state index contributed by atoms with van der Waals surface area (Å²) in [6, 6.07) is 10.8. The van der Waals surface area contributed by atoms with E-state index in [0.29, 0.717) is 23.1 Å². The number of halogens is 1. The highest BCUT2D eigenvalue weighted by atomic mass is 35.5. The zero-order valence-corrected chi connectivity index (χ0v) is 15.3. The molecule has 25 heavy (non-hydrogen) atoms. The second kappa shape index (κ2) is 8.04. The van der Waals surface area contributed by atoms with Gasteiger partial charge in [-0.1, -0.05) is 11.6 Å². The van der Waals surface area contributed by atoms with Crippen LogP contribution in [0.1, 0.15) is 24.4 Å². The third-order valence-corrected chi connectivity index (χ3v) is 4.42. The van der Waals surface area contributed by atoms with Crippen molar-refractivity contribution in [3.63, 3.8) is 0 Å². The summed E-state index contributed by atoms with van der Waals surface area (Å²) < 4.78 is 11.4. The number of nitrogens with one attached hydrogen (secondary N) is 1. The molecular formula is C19H23ClN2O3. The molecule has 2 unspecified atom stereocenters. The molecule has 0 radical (unpaired) electrons. The van der Waals surface area contributed by atoms with E-state index < -0.39 is 0 Å². The minimum Gasteiger partial charge on any atom is -0.451 e. The topological polar surface area (TPSA) is 54.7 Å². The molecule has 1 saturated heterocycles. The predicted molar refractivity (Wildman–Crippen MR) is 97.9 cm³/mol.